The first-order chi connectivity index (χ1) is 9.06. The second-order valence-corrected chi connectivity index (χ2v) is 4.70. The molecule has 102 valence electrons. The topological polar surface area (TPSA) is 82.5 Å². The van der Waals surface area contributed by atoms with Gasteiger partial charge in [-0.25, -0.2) is 4.79 Å². The predicted octanol–water partition coefficient (Wildman–Crippen LogP) is 1.01. The fraction of sp³-hybridized carbons (Fsp3) is 0.462. The Bertz CT molecular complexity index is 490. The van der Waals surface area contributed by atoms with E-state index >= 15 is 0 Å². The third kappa shape index (κ3) is 3.43. The molecule has 1 unspecified atom stereocenters. The normalized spacial score (nSPS) is 18.4. The minimum atomic E-state index is -0.837. The number of carboxylic acid groups (broad SMARTS) is 1. The molecule has 6 heteroatoms. The fourth-order valence-corrected chi connectivity index (χ4v) is 2.12. The highest BCUT2D eigenvalue weighted by atomic mass is 16.4. The monoisotopic (exact) mass is 263 g/mol. The average Bonchev–Trinajstić information content (AvgIpc) is 2.86. The number of aromatic nitrogens is 1. The molecule has 0 aromatic carbocycles. The maximum atomic E-state index is 11.9. The summed E-state index contributed by atoms with van der Waals surface area (Å²) in [5.74, 6) is -1.28. The van der Waals surface area contributed by atoms with Gasteiger partial charge in [-0.05, 0) is 25.5 Å². The lowest BCUT2D eigenvalue weighted by atomic mass is 10.1. The summed E-state index contributed by atoms with van der Waals surface area (Å²) in [6.45, 7) is 3.02. The van der Waals surface area contributed by atoms with Crippen molar-refractivity contribution in [1.29, 1.82) is 0 Å². The van der Waals surface area contributed by atoms with Crippen molar-refractivity contribution in [1.82, 2.24) is 15.2 Å². The number of aryl methyl sites for hydroxylation is 1. The van der Waals surface area contributed by atoms with Crippen molar-refractivity contribution in [2.24, 2.45) is 5.92 Å². The standard InChI is InChI=1S/C13H17N3O3/c1-9-3-2-4-11(15-9)7-14-13(19)16-6-5-10(8-16)12(17)18/h2-4,10H,5-8H2,1H3,(H,14,19)(H,17,18). The van der Waals surface area contributed by atoms with E-state index in [2.05, 4.69) is 10.3 Å². The van der Waals surface area contributed by atoms with Crippen molar-refractivity contribution in [3.8, 4) is 0 Å². The summed E-state index contributed by atoms with van der Waals surface area (Å²) in [6.07, 6.45) is 0.519. The second kappa shape index (κ2) is 5.69. The van der Waals surface area contributed by atoms with Crippen LogP contribution in [0.4, 0.5) is 4.79 Å². The SMILES string of the molecule is Cc1cccc(CNC(=O)N2CCC(C(=O)O)C2)n1. The molecule has 0 saturated carbocycles. The number of rotatable bonds is 3. The summed E-state index contributed by atoms with van der Waals surface area (Å²) in [6, 6.07) is 5.40. The van der Waals surface area contributed by atoms with Gasteiger partial charge in [0.15, 0.2) is 0 Å². The molecule has 1 saturated heterocycles. The zero-order valence-corrected chi connectivity index (χ0v) is 10.8. The molecule has 1 aliphatic rings. The van der Waals surface area contributed by atoms with Gasteiger partial charge in [0.1, 0.15) is 0 Å². The van der Waals surface area contributed by atoms with Gasteiger partial charge in [-0.15, -0.1) is 0 Å². The van der Waals surface area contributed by atoms with Crippen molar-refractivity contribution in [2.45, 2.75) is 19.9 Å². The Morgan fingerprint density at radius 2 is 2.32 bits per heavy atom. The number of nitrogens with zero attached hydrogens (tertiary/aromatic N) is 2. The summed E-state index contributed by atoms with van der Waals surface area (Å²) < 4.78 is 0. The molecule has 0 spiro atoms. The quantitative estimate of drug-likeness (QED) is 0.852. The Balaban J connectivity index is 1.84. The van der Waals surface area contributed by atoms with Crippen LogP contribution in [0, 0.1) is 12.8 Å². The van der Waals surface area contributed by atoms with E-state index in [9.17, 15) is 9.59 Å². The van der Waals surface area contributed by atoms with E-state index in [1.54, 1.807) is 0 Å². The van der Waals surface area contributed by atoms with Crippen LogP contribution in [-0.4, -0.2) is 40.1 Å². The Hall–Kier alpha value is -2.11. The third-order valence-corrected chi connectivity index (χ3v) is 3.19. The molecule has 1 aromatic heterocycles. The maximum Gasteiger partial charge on any atom is 0.317 e. The van der Waals surface area contributed by atoms with Crippen molar-refractivity contribution in [3.63, 3.8) is 0 Å². The number of carbonyl (C=O) groups is 2. The fourth-order valence-electron chi connectivity index (χ4n) is 2.12. The van der Waals surface area contributed by atoms with Gasteiger partial charge in [-0.2, -0.15) is 0 Å². The van der Waals surface area contributed by atoms with E-state index in [-0.39, 0.29) is 12.6 Å². The highest BCUT2D eigenvalue weighted by Gasteiger charge is 2.30. The van der Waals surface area contributed by atoms with E-state index < -0.39 is 11.9 Å². The minimum absolute atomic E-state index is 0.230. The summed E-state index contributed by atoms with van der Waals surface area (Å²) >= 11 is 0. The first kappa shape index (κ1) is 13.3. The first-order valence-electron chi connectivity index (χ1n) is 6.24. The summed E-state index contributed by atoms with van der Waals surface area (Å²) in [5.41, 5.74) is 1.70. The number of likely N-dealkylation sites (tertiary alicyclic amines) is 1. The molecular formula is C13H17N3O3. The van der Waals surface area contributed by atoms with Crippen LogP contribution in [0.15, 0.2) is 18.2 Å². The summed E-state index contributed by atoms with van der Waals surface area (Å²) in [5, 5.41) is 11.6. The zero-order valence-electron chi connectivity index (χ0n) is 10.8. The molecule has 1 fully saturated rings. The van der Waals surface area contributed by atoms with Crippen LogP contribution in [0.25, 0.3) is 0 Å². The maximum absolute atomic E-state index is 11.9. The van der Waals surface area contributed by atoms with Crippen molar-refractivity contribution < 1.29 is 14.7 Å². The van der Waals surface area contributed by atoms with Crippen LogP contribution in [0.1, 0.15) is 17.8 Å². The Morgan fingerprint density at radius 3 is 2.95 bits per heavy atom. The molecule has 2 heterocycles. The number of nitrogens with one attached hydrogen (secondary N) is 1. The lowest BCUT2D eigenvalue weighted by Crippen LogP contribution is -2.38. The smallest absolute Gasteiger partial charge is 0.317 e. The highest BCUT2D eigenvalue weighted by molar-refractivity contribution is 5.77. The largest absolute Gasteiger partial charge is 0.481 e. The van der Waals surface area contributed by atoms with Gasteiger partial charge in [-0.3, -0.25) is 9.78 Å². The molecule has 1 atom stereocenters. The van der Waals surface area contributed by atoms with Gasteiger partial charge in [0, 0.05) is 18.8 Å². The Kier molecular flexibility index (Phi) is 3.99. The summed E-state index contributed by atoms with van der Waals surface area (Å²) in [7, 11) is 0. The van der Waals surface area contributed by atoms with E-state index in [0.717, 1.165) is 11.4 Å². The van der Waals surface area contributed by atoms with Gasteiger partial charge >= 0.3 is 12.0 Å². The number of carbonyl (C=O) groups excluding carboxylic acids is 1. The first-order valence-corrected chi connectivity index (χ1v) is 6.24. The molecule has 2 rings (SSSR count). The van der Waals surface area contributed by atoms with E-state index in [4.69, 9.17) is 5.11 Å². The number of aliphatic carboxylic acids is 1. The second-order valence-electron chi connectivity index (χ2n) is 4.70. The van der Waals surface area contributed by atoms with Crippen molar-refractivity contribution >= 4 is 12.0 Å². The van der Waals surface area contributed by atoms with Crippen LogP contribution in [0.2, 0.25) is 0 Å². The number of hydrogen-bond donors (Lipinski definition) is 2. The van der Waals surface area contributed by atoms with Gasteiger partial charge in [0.2, 0.25) is 0 Å². The van der Waals surface area contributed by atoms with Gasteiger partial charge in [-0.1, -0.05) is 6.07 Å². The van der Waals surface area contributed by atoms with Crippen molar-refractivity contribution in [3.05, 3.63) is 29.6 Å². The van der Waals surface area contributed by atoms with Gasteiger partial charge in [0.05, 0.1) is 18.2 Å². The number of carboxylic acids is 1. The number of pyridine rings is 1. The molecule has 0 radical (unpaired) electrons. The number of amides is 2. The van der Waals surface area contributed by atoms with E-state index in [1.165, 1.54) is 4.90 Å². The minimum Gasteiger partial charge on any atom is -0.481 e. The van der Waals surface area contributed by atoms with Crippen molar-refractivity contribution in [2.75, 3.05) is 13.1 Å². The van der Waals surface area contributed by atoms with Crippen LogP contribution in [0.3, 0.4) is 0 Å². The molecule has 2 N–H and O–H groups in total. The van der Waals surface area contributed by atoms with Crippen LogP contribution in [0.5, 0.6) is 0 Å². The number of urea groups is 1. The van der Waals surface area contributed by atoms with Gasteiger partial charge < -0.3 is 15.3 Å². The predicted molar refractivity (Wildman–Crippen MR) is 68.5 cm³/mol. The van der Waals surface area contributed by atoms with E-state index in [0.29, 0.717) is 19.5 Å². The Morgan fingerprint density at radius 1 is 1.53 bits per heavy atom. The molecule has 2 amide bonds. The molecule has 6 nitrogen and oxygen atoms in total. The van der Waals surface area contributed by atoms with Gasteiger partial charge in [0.25, 0.3) is 0 Å². The van der Waals surface area contributed by atoms with Crippen LogP contribution in [-0.2, 0) is 11.3 Å². The lowest BCUT2D eigenvalue weighted by Gasteiger charge is -2.16. The summed E-state index contributed by atoms with van der Waals surface area (Å²) in [4.78, 5) is 28.5. The molecule has 1 aromatic rings. The molecular weight excluding hydrogens is 246 g/mol. The Labute approximate surface area is 111 Å². The molecule has 0 aliphatic carbocycles. The lowest BCUT2D eigenvalue weighted by molar-refractivity contribution is -0.141. The average molecular weight is 263 g/mol. The van der Waals surface area contributed by atoms with E-state index in [1.807, 2.05) is 25.1 Å². The number of hydrogen-bond acceptors (Lipinski definition) is 3. The molecule has 0 bridgehead atoms. The third-order valence-electron chi connectivity index (χ3n) is 3.19. The highest BCUT2D eigenvalue weighted by Crippen LogP contribution is 2.16. The van der Waals surface area contributed by atoms with Crippen LogP contribution < -0.4 is 5.32 Å². The molecule has 19 heavy (non-hydrogen) atoms. The molecule has 1 aliphatic heterocycles. The van der Waals surface area contributed by atoms with Crippen LogP contribution >= 0.6 is 0 Å². The zero-order chi connectivity index (χ0) is 13.8.